The number of rotatable bonds is 9. The Kier molecular flexibility index (Phi) is 7.74. The maximum atomic E-state index is 12.1. The van der Waals surface area contributed by atoms with Crippen LogP contribution in [0.3, 0.4) is 0 Å². The minimum Gasteiger partial charge on any atom is -0.352 e. The first-order chi connectivity index (χ1) is 11.3. The Hall–Kier alpha value is -1.75. The molecular formula is C14H21ClN4O5S. The predicted octanol–water partition coefficient (Wildman–Crippen LogP) is 0.538. The van der Waals surface area contributed by atoms with Crippen molar-refractivity contribution in [1.82, 2.24) is 10.0 Å². The summed E-state index contributed by atoms with van der Waals surface area (Å²) in [5, 5.41) is 13.4. The maximum absolute atomic E-state index is 12.1. The van der Waals surface area contributed by atoms with E-state index in [-0.39, 0.29) is 47.9 Å². The molecule has 1 saturated carbocycles. The average molecular weight is 393 g/mol. The molecule has 0 spiro atoms. The molecular weight excluding hydrogens is 372 g/mol. The number of hydrogen-bond acceptors (Lipinski definition) is 6. The molecule has 1 aliphatic carbocycles. The van der Waals surface area contributed by atoms with Crippen LogP contribution in [-0.2, 0) is 14.8 Å². The number of carbonyl (C=O) groups is 1. The van der Waals surface area contributed by atoms with Gasteiger partial charge in [0.15, 0.2) is 0 Å². The molecule has 1 aliphatic rings. The van der Waals surface area contributed by atoms with Crippen molar-refractivity contribution in [3.05, 3.63) is 34.4 Å². The number of nitrogens with two attached hydrogens (primary N) is 1. The molecule has 140 valence electrons. The standard InChI is InChI=1S/C14H20N4O5S.ClH/c15-9-13(10-1-2-10)17-14(19)7-8-16-24(22,23)12-5-3-11(4-6-12)18(20)21;/h3-6,10,13,16H,1-2,7-9,15H2,(H,17,19);1H. The second kappa shape index (κ2) is 9.09. The zero-order valence-corrected chi connectivity index (χ0v) is 15.0. The van der Waals surface area contributed by atoms with Crippen LogP contribution in [0.5, 0.6) is 0 Å². The molecule has 4 N–H and O–H groups in total. The van der Waals surface area contributed by atoms with Gasteiger partial charge in [0.2, 0.25) is 15.9 Å². The SMILES string of the molecule is Cl.NCC(NC(=O)CCNS(=O)(=O)c1ccc([N+](=O)[O-])cc1)C1CC1. The Morgan fingerprint density at radius 2 is 1.92 bits per heavy atom. The molecule has 25 heavy (non-hydrogen) atoms. The number of sulfonamides is 1. The summed E-state index contributed by atoms with van der Waals surface area (Å²) in [4.78, 5) is 21.7. The van der Waals surface area contributed by atoms with E-state index in [2.05, 4.69) is 10.0 Å². The summed E-state index contributed by atoms with van der Waals surface area (Å²) in [7, 11) is -3.81. The van der Waals surface area contributed by atoms with Crippen LogP contribution in [0.1, 0.15) is 19.3 Å². The van der Waals surface area contributed by atoms with E-state index in [0.717, 1.165) is 37.1 Å². The van der Waals surface area contributed by atoms with Gasteiger partial charge in [-0.15, -0.1) is 12.4 Å². The van der Waals surface area contributed by atoms with Crippen molar-refractivity contribution in [2.45, 2.75) is 30.2 Å². The Labute approximate surface area is 152 Å². The number of nitro benzene ring substituents is 1. The molecule has 1 aromatic rings. The lowest BCUT2D eigenvalue weighted by Gasteiger charge is -2.16. The lowest BCUT2D eigenvalue weighted by Crippen LogP contribution is -2.42. The molecule has 1 fully saturated rings. The second-order valence-electron chi connectivity index (χ2n) is 5.65. The number of nitrogens with zero attached hydrogens (tertiary/aromatic N) is 1. The Bertz CT molecular complexity index is 706. The van der Waals surface area contributed by atoms with Crippen molar-refractivity contribution in [2.24, 2.45) is 11.7 Å². The summed E-state index contributed by atoms with van der Waals surface area (Å²) in [5.74, 6) is 0.166. The lowest BCUT2D eigenvalue weighted by atomic mass is 10.2. The highest BCUT2D eigenvalue weighted by molar-refractivity contribution is 7.89. The van der Waals surface area contributed by atoms with E-state index < -0.39 is 14.9 Å². The molecule has 9 nitrogen and oxygen atoms in total. The van der Waals surface area contributed by atoms with Gasteiger partial charge in [0.1, 0.15) is 0 Å². The largest absolute Gasteiger partial charge is 0.352 e. The van der Waals surface area contributed by atoms with Gasteiger partial charge in [-0.05, 0) is 30.9 Å². The molecule has 0 bridgehead atoms. The second-order valence-corrected chi connectivity index (χ2v) is 7.41. The third-order valence-corrected chi connectivity index (χ3v) is 5.27. The Balaban J connectivity index is 0.00000312. The van der Waals surface area contributed by atoms with Crippen LogP contribution >= 0.6 is 12.4 Å². The minimum atomic E-state index is -3.81. The van der Waals surface area contributed by atoms with Crippen LogP contribution < -0.4 is 15.8 Å². The van der Waals surface area contributed by atoms with E-state index in [4.69, 9.17) is 5.73 Å². The number of amides is 1. The van der Waals surface area contributed by atoms with E-state index in [9.17, 15) is 23.3 Å². The van der Waals surface area contributed by atoms with Gasteiger partial charge in [0.05, 0.1) is 9.82 Å². The molecule has 1 aromatic carbocycles. The summed E-state index contributed by atoms with van der Waals surface area (Å²) in [5.41, 5.74) is 5.40. The van der Waals surface area contributed by atoms with Gasteiger partial charge in [-0.1, -0.05) is 0 Å². The van der Waals surface area contributed by atoms with E-state index >= 15 is 0 Å². The molecule has 1 amide bonds. The smallest absolute Gasteiger partial charge is 0.269 e. The normalized spacial score (nSPS) is 15.1. The topological polar surface area (TPSA) is 144 Å². The summed E-state index contributed by atoms with van der Waals surface area (Å²) < 4.78 is 26.4. The molecule has 0 radical (unpaired) electrons. The minimum absolute atomic E-state index is 0. The fraction of sp³-hybridized carbons (Fsp3) is 0.500. The molecule has 0 heterocycles. The number of non-ortho nitro benzene ring substituents is 1. The first-order valence-electron chi connectivity index (χ1n) is 7.57. The van der Waals surface area contributed by atoms with Crippen molar-refractivity contribution in [1.29, 1.82) is 0 Å². The van der Waals surface area contributed by atoms with Gasteiger partial charge in [0, 0.05) is 37.7 Å². The lowest BCUT2D eigenvalue weighted by molar-refractivity contribution is -0.384. The number of hydrogen-bond donors (Lipinski definition) is 3. The highest BCUT2D eigenvalue weighted by atomic mass is 35.5. The van der Waals surface area contributed by atoms with Crippen LogP contribution in [0, 0.1) is 16.0 Å². The first-order valence-corrected chi connectivity index (χ1v) is 9.05. The summed E-state index contributed by atoms with van der Waals surface area (Å²) in [6.45, 7) is 0.304. The molecule has 0 saturated heterocycles. The van der Waals surface area contributed by atoms with Gasteiger partial charge in [-0.25, -0.2) is 13.1 Å². The van der Waals surface area contributed by atoms with Crippen LogP contribution in [0.4, 0.5) is 5.69 Å². The number of nitro groups is 1. The molecule has 2 rings (SSSR count). The molecule has 1 unspecified atom stereocenters. The van der Waals surface area contributed by atoms with Crippen molar-refractivity contribution in [3.63, 3.8) is 0 Å². The predicted molar refractivity (Wildman–Crippen MR) is 93.9 cm³/mol. The number of nitrogens with one attached hydrogen (secondary N) is 2. The van der Waals surface area contributed by atoms with E-state index in [0.29, 0.717) is 12.5 Å². The van der Waals surface area contributed by atoms with Crippen molar-refractivity contribution in [2.75, 3.05) is 13.1 Å². The number of benzene rings is 1. The summed E-state index contributed by atoms with van der Waals surface area (Å²) in [6.07, 6.45) is 2.10. The van der Waals surface area contributed by atoms with Gasteiger partial charge in [0.25, 0.3) is 5.69 Å². The fourth-order valence-corrected chi connectivity index (χ4v) is 3.31. The monoisotopic (exact) mass is 392 g/mol. The van der Waals surface area contributed by atoms with E-state index in [1.165, 1.54) is 0 Å². The Morgan fingerprint density at radius 1 is 1.32 bits per heavy atom. The fourth-order valence-electron chi connectivity index (χ4n) is 2.28. The van der Waals surface area contributed by atoms with Crippen LogP contribution in [0.2, 0.25) is 0 Å². The number of carbonyl (C=O) groups excluding carboxylic acids is 1. The van der Waals surface area contributed by atoms with Crippen LogP contribution in [0.15, 0.2) is 29.2 Å². The van der Waals surface area contributed by atoms with Crippen molar-refractivity contribution >= 4 is 34.0 Å². The quantitative estimate of drug-likeness (QED) is 0.413. The van der Waals surface area contributed by atoms with Gasteiger partial charge in [-0.2, -0.15) is 0 Å². The third-order valence-electron chi connectivity index (χ3n) is 3.79. The average Bonchev–Trinajstić information content (AvgIpc) is 3.37. The Morgan fingerprint density at radius 3 is 2.40 bits per heavy atom. The van der Waals surface area contributed by atoms with Gasteiger partial charge in [-0.3, -0.25) is 14.9 Å². The zero-order chi connectivity index (χ0) is 17.7. The highest BCUT2D eigenvalue weighted by Gasteiger charge is 2.31. The zero-order valence-electron chi connectivity index (χ0n) is 13.4. The highest BCUT2D eigenvalue weighted by Crippen LogP contribution is 2.32. The van der Waals surface area contributed by atoms with Crippen LogP contribution in [0.25, 0.3) is 0 Å². The van der Waals surface area contributed by atoms with Crippen molar-refractivity contribution < 1.29 is 18.1 Å². The van der Waals surface area contributed by atoms with E-state index in [1.807, 2.05) is 0 Å². The van der Waals surface area contributed by atoms with Crippen LogP contribution in [-0.4, -0.2) is 38.4 Å². The molecule has 1 atom stereocenters. The third kappa shape index (κ3) is 6.24. The summed E-state index contributed by atoms with van der Waals surface area (Å²) in [6, 6.07) is 4.48. The molecule has 0 aromatic heterocycles. The van der Waals surface area contributed by atoms with E-state index in [1.54, 1.807) is 0 Å². The van der Waals surface area contributed by atoms with Gasteiger partial charge >= 0.3 is 0 Å². The van der Waals surface area contributed by atoms with Crippen molar-refractivity contribution in [3.8, 4) is 0 Å². The number of halogens is 1. The van der Waals surface area contributed by atoms with Gasteiger partial charge < -0.3 is 11.1 Å². The molecule has 11 heteroatoms. The maximum Gasteiger partial charge on any atom is 0.269 e. The first kappa shape index (κ1) is 21.3. The molecule has 0 aliphatic heterocycles. The summed E-state index contributed by atoms with van der Waals surface area (Å²) >= 11 is 0.